The van der Waals surface area contributed by atoms with Gasteiger partial charge in [-0.1, -0.05) is 12.1 Å². The molecule has 20 heavy (non-hydrogen) atoms. The summed E-state index contributed by atoms with van der Waals surface area (Å²) in [5.41, 5.74) is 0.218. The molecule has 1 aliphatic heterocycles. The van der Waals surface area contributed by atoms with Crippen LogP contribution in [0.25, 0.3) is 11.0 Å². The number of ether oxygens (including phenoxy) is 1. The molecule has 0 bridgehead atoms. The fraction of sp³-hybridized carbons (Fsp3) is 0.333. The summed E-state index contributed by atoms with van der Waals surface area (Å²) < 4.78 is 10.7. The predicted molar refractivity (Wildman–Crippen MR) is 73.7 cm³/mol. The molecule has 0 radical (unpaired) electrons. The third kappa shape index (κ3) is 2.58. The maximum atomic E-state index is 12.0. The van der Waals surface area contributed by atoms with Crippen LogP contribution in [0, 0.1) is 5.92 Å². The molecular weight excluding hydrogens is 258 g/mol. The molecule has 2 aromatic rings. The van der Waals surface area contributed by atoms with Crippen LogP contribution in [0.2, 0.25) is 0 Å². The Morgan fingerprint density at radius 1 is 1.35 bits per heavy atom. The van der Waals surface area contributed by atoms with Gasteiger partial charge in [-0.2, -0.15) is 0 Å². The van der Waals surface area contributed by atoms with E-state index in [0.717, 1.165) is 13.0 Å². The standard InChI is InChI=1S/C15H15NO4/c17-12-7-14(20-13-4-2-1-3-11(12)13)15(18)16-8-10-5-6-19-9-10/h1-4,7,10H,5-6,8-9H2,(H,16,18)/t10-/m0/s1. The lowest BCUT2D eigenvalue weighted by Crippen LogP contribution is -2.30. The Morgan fingerprint density at radius 2 is 2.20 bits per heavy atom. The van der Waals surface area contributed by atoms with Crippen molar-refractivity contribution in [2.45, 2.75) is 6.42 Å². The van der Waals surface area contributed by atoms with Gasteiger partial charge >= 0.3 is 0 Å². The second-order valence-corrected chi connectivity index (χ2v) is 4.91. The second kappa shape index (κ2) is 5.46. The normalized spacial score (nSPS) is 18.3. The van der Waals surface area contributed by atoms with E-state index < -0.39 is 0 Å². The molecule has 0 unspecified atom stereocenters. The van der Waals surface area contributed by atoms with Gasteiger partial charge in [-0.3, -0.25) is 9.59 Å². The molecule has 5 nitrogen and oxygen atoms in total. The van der Waals surface area contributed by atoms with Crippen molar-refractivity contribution in [3.05, 3.63) is 46.3 Å². The number of fused-ring (bicyclic) bond motifs is 1. The van der Waals surface area contributed by atoms with Crippen LogP contribution in [0.3, 0.4) is 0 Å². The molecule has 3 rings (SSSR count). The van der Waals surface area contributed by atoms with Gasteiger partial charge in [0.05, 0.1) is 12.0 Å². The van der Waals surface area contributed by atoms with Gasteiger partial charge in [-0.15, -0.1) is 0 Å². The number of rotatable bonds is 3. The first kappa shape index (κ1) is 12.9. The molecule has 1 N–H and O–H groups in total. The second-order valence-electron chi connectivity index (χ2n) is 4.91. The molecule has 5 heteroatoms. The van der Waals surface area contributed by atoms with E-state index in [1.54, 1.807) is 24.3 Å². The Balaban J connectivity index is 1.79. The largest absolute Gasteiger partial charge is 0.451 e. The minimum Gasteiger partial charge on any atom is -0.451 e. The maximum Gasteiger partial charge on any atom is 0.287 e. The Bertz CT molecular complexity index is 686. The molecule has 1 saturated heterocycles. The number of nitrogens with one attached hydrogen (secondary N) is 1. The summed E-state index contributed by atoms with van der Waals surface area (Å²) in [5.74, 6) is 0.0264. The van der Waals surface area contributed by atoms with Gasteiger partial charge in [0, 0.05) is 25.1 Å². The molecule has 1 aliphatic rings. The highest BCUT2D eigenvalue weighted by molar-refractivity contribution is 5.93. The lowest BCUT2D eigenvalue weighted by molar-refractivity contribution is 0.0918. The van der Waals surface area contributed by atoms with Crippen molar-refractivity contribution < 1.29 is 13.9 Å². The Morgan fingerprint density at radius 3 is 3.00 bits per heavy atom. The molecule has 1 aromatic carbocycles. The van der Waals surface area contributed by atoms with Crippen molar-refractivity contribution in [2.75, 3.05) is 19.8 Å². The van der Waals surface area contributed by atoms with Crippen molar-refractivity contribution in [3.63, 3.8) is 0 Å². The van der Waals surface area contributed by atoms with Gasteiger partial charge in [0.15, 0.2) is 11.2 Å². The van der Waals surface area contributed by atoms with Crippen molar-refractivity contribution in [3.8, 4) is 0 Å². The van der Waals surface area contributed by atoms with Gasteiger partial charge < -0.3 is 14.5 Å². The van der Waals surface area contributed by atoms with E-state index in [1.165, 1.54) is 6.07 Å². The molecule has 1 fully saturated rings. The smallest absolute Gasteiger partial charge is 0.287 e. The van der Waals surface area contributed by atoms with Crippen LogP contribution in [0.1, 0.15) is 17.0 Å². The van der Waals surface area contributed by atoms with E-state index in [9.17, 15) is 9.59 Å². The highest BCUT2D eigenvalue weighted by Gasteiger charge is 2.18. The lowest BCUT2D eigenvalue weighted by atomic mass is 10.1. The quantitative estimate of drug-likeness (QED) is 0.921. The number of carbonyl (C=O) groups excluding carboxylic acids is 1. The highest BCUT2D eigenvalue weighted by atomic mass is 16.5. The average Bonchev–Trinajstić information content (AvgIpc) is 2.98. The van der Waals surface area contributed by atoms with Crippen molar-refractivity contribution in [1.82, 2.24) is 5.32 Å². The van der Waals surface area contributed by atoms with E-state index in [0.29, 0.717) is 30.0 Å². The summed E-state index contributed by atoms with van der Waals surface area (Å²) in [7, 11) is 0. The fourth-order valence-electron chi connectivity index (χ4n) is 2.28. The zero-order valence-electron chi connectivity index (χ0n) is 10.9. The van der Waals surface area contributed by atoms with Crippen molar-refractivity contribution in [2.24, 2.45) is 5.92 Å². The van der Waals surface area contributed by atoms with Crippen LogP contribution >= 0.6 is 0 Å². The van der Waals surface area contributed by atoms with Crippen LogP contribution < -0.4 is 10.7 Å². The number of para-hydroxylation sites is 1. The Hall–Kier alpha value is -2.14. The SMILES string of the molecule is O=C(NC[C@@H]1CCOC1)c1cc(=O)c2ccccc2o1. The van der Waals surface area contributed by atoms with Gasteiger partial charge in [0.1, 0.15) is 5.58 Å². The third-order valence-corrected chi connectivity index (χ3v) is 3.43. The first-order valence-electron chi connectivity index (χ1n) is 6.63. The topological polar surface area (TPSA) is 68.5 Å². The summed E-state index contributed by atoms with van der Waals surface area (Å²) in [6.07, 6.45) is 0.946. The highest BCUT2D eigenvalue weighted by Crippen LogP contribution is 2.13. The summed E-state index contributed by atoms with van der Waals surface area (Å²) in [6.45, 7) is 1.95. The molecule has 104 valence electrons. The fourth-order valence-corrected chi connectivity index (χ4v) is 2.28. The third-order valence-electron chi connectivity index (χ3n) is 3.43. The molecule has 1 amide bonds. The summed E-state index contributed by atoms with van der Waals surface area (Å²) in [4.78, 5) is 23.9. The molecule has 0 aliphatic carbocycles. The van der Waals surface area contributed by atoms with E-state index in [2.05, 4.69) is 5.32 Å². The Kier molecular flexibility index (Phi) is 3.52. The van der Waals surface area contributed by atoms with Crippen LogP contribution in [-0.4, -0.2) is 25.7 Å². The van der Waals surface area contributed by atoms with E-state index in [1.807, 2.05) is 0 Å². The predicted octanol–water partition coefficient (Wildman–Crippen LogP) is 1.56. The van der Waals surface area contributed by atoms with Gasteiger partial charge in [0.25, 0.3) is 5.91 Å². The molecule has 0 saturated carbocycles. The number of amides is 1. The van der Waals surface area contributed by atoms with Crippen LogP contribution in [0.5, 0.6) is 0 Å². The van der Waals surface area contributed by atoms with Crippen LogP contribution in [0.4, 0.5) is 0 Å². The Labute approximate surface area is 115 Å². The first-order valence-corrected chi connectivity index (χ1v) is 6.63. The van der Waals surface area contributed by atoms with Crippen LogP contribution in [-0.2, 0) is 4.74 Å². The maximum absolute atomic E-state index is 12.0. The summed E-state index contributed by atoms with van der Waals surface area (Å²) in [6, 6.07) is 8.13. The number of benzene rings is 1. The minimum atomic E-state index is -0.361. The van der Waals surface area contributed by atoms with Crippen molar-refractivity contribution in [1.29, 1.82) is 0 Å². The van der Waals surface area contributed by atoms with Gasteiger partial charge in [-0.05, 0) is 18.6 Å². The molecule has 2 heterocycles. The molecular formula is C15H15NO4. The number of hydrogen-bond acceptors (Lipinski definition) is 4. The van der Waals surface area contributed by atoms with Gasteiger partial charge in [-0.25, -0.2) is 0 Å². The lowest BCUT2D eigenvalue weighted by Gasteiger charge is -2.09. The van der Waals surface area contributed by atoms with E-state index >= 15 is 0 Å². The zero-order chi connectivity index (χ0) is 13.9. The number of hydrogen-bond donors (Lipinski definition) is 1. The zero-order valence-corrected chi connectivity index (χ0v) is 10.9. The van der Waals surface area contributed by atoms with E-state index in [-0.39, 0.29) is 17.1 Å². The monoisotopic (exact) mass is 273 g/mol. The van der Waals surface area contributed by atoms with Crippen molar-refractivity contribution >= 4 is 16.9 Å². The van der Waals surface area contributed by atoms with E-state index in [4.69, 9.17) is 9.15 Å². The molecule has 1 aromatic heterocycles. The summed E-state index contributed by atoms with van der Waals surface area (Å²) >= 11 is 0. The minimum absolute atomic E-state index is 0.0487. The average molecular weight is 273 g/mol. The number of carbonyl (C=O) groups is 1. The summed E-state index contributed by atoms with van der Waals surface area (Å²) in [5, 5.41) is 3.26. The first-order chi connectivity index (χ1) is 9.74. The van der Waals surface area contributed by atoms with Gasteiger partial charge in [0.2, 0.25) is 0 Å². The molecule has 0 spiro atoms. The molecule has 1 atom stereocenters. The van der Waals surface area contributed by atoms with Crippen LogP contribution in [0.15, 0.2) is 39.5 Å².